The maximum atomic E-state index is 13.2. The van der Waals surface area contributed by atoms with Crippen LogP contribution < -0.4 is 10.3 Å². The van der Waals surface area contributed by atoms with Gasteiger partial charge in [0.1, 0.15) is 5.75 Å². The van der Waals surface area contributed by atoms with Gasteiger partial charge in [0.05, 0.1) is 18.4 Å². The van der Waals surface area contributed by atoms with E-state index in [0.29, 0.717) is 34.3 Å². The van der Waals surface area contributed by atoms with Gasteiger partial charge in [-0.15, -0.1) is 0 Å². The summed E-state index contributed by atoms with van der Waals surface area (Å²) in [6, 6.07) is 14.7. The molecule has 1 fully saturated rings. The minimum atomic E-state index is -0.299. The van der Waals surface area contributed by atoms with Crippen molar-refractivity contribution in [3.05, 3.63) is 75.6 Å². The van der Waals surface area contributed by atoms with Crippen LogP contribution in [-0.4, -0.2) is 45.7 Å². The quantitative estimate of drug-likeness (QED) is 0.419. The first-order valence-electron chi connectivity index (χ1n) is 11.0. The van der Waals surface area contributed by atoms with E-state index in [0.717, 1.165) is 31.5 Å². The van der Waals surface area contributed by atoms with Gasteiger partial charge in [0.25, 0.3) is 11.5 Å². The number of hydrogen-bond donors (Lipinski definition) is 1. The summed E-state index contributed by atoms with van der Waals surface area (Å²) in [4.78, 5) is 31.9. The first-order valence-corrected chi connectivity index (χ1v) is 12.0. The van der Waals surface area contributed by atoms with E-state index >= 15 is 0 Å². The fraction of sp³-hybridized carbons (Fsp3) is 0.320. The molecule has 4 rings (SSSR count). The molecule has 0 aliphatic carbocycles. The highest BCUT2D eigenvalue weighted by molar-refractivity contribution is 7.98. The number of benzene rings is 2. The number of amides is 1. The highest BCUT2D eigenvalue weighted by atomic mass is 32.2. The van der Waals surface area contributed by atoms with Crippen LogP contribution in [0.15, 0.2) is 58.5 Å². The Morgan fingerprint density at radius 2 is 1.88 bits per heavy atom. The number of nitrogens with zero attached hydrogens (tertiary/aromatic N) is 3. The van der Waals surface area contributed by atoms with E-state index in [9.17, 15) is 14.7 Å². The third kappa shape index (κ3) is 4.90. The lowest BCUT2D eigenvalue weighted by Crippen LogP contribution is -2.27. The van der Waals surface area contributed by atoms with Gasteiger partial charge in [-0.2, -0.15) is 4.98 Å². The van der Waals surface area contributed by atoms with Crippen LogP contribution in [0.5, 0.6) is 11.6 Å². The number of aromatic hydroxyl groups is 1. The second kappa shape index (κ2) is 10.1. The van der Waals surface area contributed by atoms with Crippen molar-refractivity contribution in [3.63, 3.8) is 0 Å². The topological polar surface area (TPSA) is 84.7 Å². The maximum absolute atomic E-state index is 13.2. The second-order valence-electron chi connectivity index (χ2n) is 7.88. The Kier molecular flexibility index (Phi) is 7.03. The molecule has 0 bridgehead atoms. The smallest absolute Gasteiger partial charge is 0.265 e. The van der Waals surface area contributed by atoms with Crippen molar-refractivity contribution in [3.8, 4) is 17.3 Å². The summed E-state index contributed by atoms with van der Waals surface area (Å²) >= 11 is 1.35. The first-order chi connectivity index (χ1) is 16.0. The number of thioether (sulfide) groups is 1. The van der Waals surface area contributed by atoms with Gasteiger partial charge in [0.15, 0.2) is 5.16 Å². The van der Waals surface area contributed by atoms with Crippen molar-refractivity contribution in [2.45, 2.75) is 37.1 Å². The molecule has 3 aromatic rings. The summed E-state index contributed by atoms with van der Waals surface area (Å²) in [5.41, 5.74) is 2.26. The van der Waals surface area contributed by atoms with Gasteiger partial charge in [0.2, 0.25) is 5.88 Å². The number of rotatable bonds is 7. The number of hydrogen-bond acceptors (Lipinski definition) is 6. The van der Waals surface area contributed by atoms with Gasteiger partial charge < -0.3 is 14.7 Å². The van der Waals surface area contributed by atoms with E-state index in [2.05, 4.69) is 4.98 Å². The lowest BCUT2D eigenvalue weighted by atomic mass is 10.1. The van der Waals surface area contributed by atoms with Crippen molar-refractivity contribution in [1.82, 2.24) is 14.5 Å². The molecule has 8 heteroatoms. The fourth-order valence-electron chi connectivity index (χ4n) is 3.90. The predicted molar refractivity (Wildman–Crippen MR) is 129 cm³/mol. The van der Waals surface area contributed by atoms with E-state index in [1.165, 1.54) is 16.3 Å². The Balaban J connectivity index is 1.60. The van der Waals surface area contributed by atoms with E-state index in [1.807, 2.05) is 48.2 Å². The molecule has 1 saturated heterocycles. The third-order valence-electron chi connectivity index (χ3n) is 5.75. The SMILES string of the molecule is CCc1c(O)nc(SCc2ccc(C(=O)N3CCCC3)cc2)n(-c2cccc(OC)c2)c1=O. The Hall–Kier alpha value is -3.26. The zero-order valence-corrected chi connectivity index (χ0v) is 19.6. The van der Waals surface area contributed by atoms with Crippen LogP contribution in [0.25, 0.3) is 5.69 Å². The Labute approximate surface area is 197 Å². The molecule has 0 spiro atoms. The summed E-state index contributed by atoms with van der Waals surface area (Å²) in [6.07, 6.45) is 2.50. The van der Waals surface area contributed by atoms with Crippen LogP contribution in [0.2, 0.25) is 0 Å². The zero-order valence-electron chi connectivity index (χ0n) is 18.8. The summed E-state index contributed by atoms with van der Waals surface area (Å²) in [5, 5.41) is 10.7. The summed E-state index contributed by atoms with van der Waals surface area (Å²) < 4.78 is 6.82. The minimum absolute atomic E-state index is 0.0697. The second-order valence-corrected chi connectivity index (χ2v) is 8.82. The molecule has 1 aromatic heterocycles. The molecule has 0 atom stereocenters. The molecule has 172 valence electrons. The van der Waals surface area contributed by atoms with Crippen LogP contribution in [0.3, 0.4) is 0 Å². The number of likely N-dealkylation sites (tertiary alicyclic amines) is 1. The third-order valence-corrected chi connectivity index (χ3v) is 6.76. The van der Waals surface area contributed by atoms with Gasteiger partial charge in [-0.3, -0.25) is 14.2 Å². The summed E-state index contributed by atoms with van der Waals surface area (Å²) in [5.74, 6) is 0.982. The van der Waals surface area contributed by atoms with Crippen molar-refractivity contribution in [1.29, 1.82) is 0 Å². The van der Waals surface area contributed by atoms with Crippen LogP contribution >= 0.6 is 11.8 Å². The first kappa shape index (κ1) is 22.9. The highest BCUT2D eigenvalue weighted by Gasteiger charge is 2.20. The molecule has 7 nitrogen and oxygen atoms in total. The van der Waals surface area contributed by atoms with Crippen LogP contribution in [0, 0.1) is 0 Å². The molecule has 1 amide bonds. The van der Waals surface area contributed by atoms with Gasteiger partial charge >= 0.3 is 0 Å². The molecular weight excluding hydrogens is 438 g/mol. The van der Waals surface area contributed by atoms with Crippen molar-refractivity contribution in [2.75, 3.05) is 20.2 Å². The van der Waals surface area contributed by atoms with Gasteiger partial charge in [-0.05, 0) is 49.1 Å². The Bertz CT molecular complexity index is 1200. The van der Waals surface area contributed by atoms with E-state index in [4.69, 9.17) is 4.74 Å². The molecule has 0 unspecified atom stereocenters. The van der Waals surface area contributed by atoms with E-state index < -0.39 is 0 Å². The Morgan fingerprint density at radius 1 is 1.15 bits per heavy atom. The molecule has 1 N–H and O–H groups in total. The van der Waals surface area contributed by atoms with E-state index in [-0.39, 0.29) is 22.9 Å². The molecule has 1 aliphatic rings. The molecule has 2 aromatic carbocycles. The number of ether oxygens (including phenoxy) is 1. The molecule has 0 radical (unpaired) electrons. The normalized spacial score (nSPS) is 13.3. The predicted octanol–water partition coefficient (Wildman–Crippen LogP) is 4.04. The fourth-order valence-corrected chi connectivity index (χ4v) is 4.86. The average Bonchev–Trinajstić information content (AvgIpc) is 3.38. The number of carbonyl (C=O) groups excluding carboxylic acids is 1. The molecule has 0 saturated carbocycles. The van der Waals surface area contributed by atoms with Gasteiger partial charge in [0, 0.05) is 30.5 Å². The molecule has 33 heavy (non-hydrogen) atoms. The molecule has 1 aliphatic heterocycles. The lowest BCUT2D eigenvalue weighted by molar-refractivity contribution is 0.0793. The number of aromatic nitrogens is 2. The summed E-state index contributed by atoms with van der Waals surface area (Å²) in [7, 11) is 1.57. The van der Waals surface area contributed by atoms with E-state index in [1.54, 1.807) is 19.2 Å². The van der Waals surface area contributed by atoms with Gasteiger partial charge in [-0.1, -0.05) is 36.9 Å². The van der Waals surface area contributed by atoms with Crippen LogP contribution in [0.1, 0.15) is 41.3 Å². The van der Waals surface area contributed by atoms with Crippen molar-refractivity contribution >= 4 is 17.7 Å². The van der Waals surface area contributed by atoms with Crippen LogP contribution in [-0.2, 0) is 12.2 Å². The Morgan fingerprint density at radius 3 is 2.55 bits per heavy atom. The highest BCUT2D eigenvalue weighted by Crippen LogP contribution is 2.27. The van der Waals surface area contributed by atoms with Crippen molar-refractivity contribution < 1.29 is 14.6 Å². The zero-order chi connectivity index (χ0) is 23.4. The molecule has 2 heterocycles. The van der Waals surface area contributed by atoms with Crippen molar-refractivity contribution in [2.24, 2.45) is 0 Å². The maximum Gasteiger partial charge on any atom is 0.265 e. The average molecular weight is 466 g/mol. The lowest BCUT2D eigenvalue weighted by Gasteiger charge is -2.16. The number of carbonyl (C=O) groups is 1. The van der Waals surface area contributed by atoms with Gasteiger partial charge in [-0.25, -0.2) is 0 Å². The monoisotopic (exact) mass is 465 g/mol. The summed E-state index contributed by atoms with van der Waals surface area (Å²) in [6.45, 7) is 3.45. The standard InChI is InChI=1S/C25H27N3O4S/c1-3-21-22(29)26-25(28(24(21)31)19-7-6-8-20(15-19)32-2)33-16-17-9-11-18(12-10-17)23(30)27-13-4-5-14-27/h6-12,15,29H,3-5,13-14,16H2,1-2H3. The minimum Gasteiger partial charge on any atom is -0.497 e. The largest absolute Gasteiger partial charge is 0.497 e. The van der Waals surface area contributed by atoms with Crippen LogP contribution in [0.4, 0.5) is 0 Å². The molecular formula is C25H27N3O4S. The number of methoxy groups -OCH3 is 1.